The fourth-order valence-corrected chi connectivity index (χ4v) is 5.36. The van der Waals surface area contributed by atoms with Gasteiger partial charge in [0.05, 0.1) is 0 Å². The van der Waals surface area contributed by atoms with Crippen LogP contribution in [0.2, 0.25) is 0 Å². The minimum Gasteiger partial charge on any atom is -0.0616 e. The molecule has 0 heterocycles. The second-order valence-corrected chi connectivity index (χ2v) is 7.78. The van der Waals surface area contributed by atoms with Crippen molar-refractivity contribution in [1.82, 2.24) is 0 Å². The van der Waals surface area contributed by atoms with E-state index in [-0.39, 0.29) is 0 Å². The van der Waals surface area contributed by atoms with Crippen molar-refractivity contribution in [3.63, 3.8) is 0 Å². The summed E-state index contributed by atoms with van der Waals surface area (Å²) >= 11 is 0. The number of hydrogen-bond donors (Lipinski definition) is 0. The van der Waals surface area contributed by atoms with E-state index in [0.29, 0.717) is 0 Å². The molecule has 0 aromatic heterocycles. The summed E-state index contributed by atoms with van der Waals surface area (Å²) in [6.07, 6.45) is 0. The van der Waals surface area contributed by atoms with Gasteiger partial charge in [-0.1, -0.05) is 72.8 Å². The number of aryl methyl sites for hydroxylation is 1. The van der Waals surface area contributed by atoms with Crippen molar-refractivity contribution < 1.29 is 0 Å². The SMILES string of the molecule is Cc1ccc2c3cc4cccc5c6ccccc6c(c45)c3c3cccc1c23. The normalized spacial score (nSPS) is 12.6. The highest BCUT2D eigenvalue weighted by Crippen LogP contribution is 2.48. The van der Waals surface area contributed by atoms with Crippen LogP contribution in [0.4, 0.5) is 0 Å². The van der Waals surface area contributed by atoms with Crippen LogP contribution in [0.15, 0.2) is 78.9 Å². The van der Waals surface area contributed by atoms with E-state index in [4.69, 9.17) is 0 Å². The minimum atomic E-state index is 1.35. The zero-order valence-corrected chi connectivity index (χ0v) is 15.0. The van der Waals surface area contributed by atoms with E-state index >= 15 is 0 Å². The number of fused-ring (bicyclic) bond motifs is 7. The quantitative estimate of drug-likeness (QED) is 0.264. The molecule has 0 unspecified atom stereocenters. The molecule has 0 aliphatic heterocycles. The Balaban J connectivity index is 1.96. The summed E-state index contributed by atoms with van der Waals surface area (Å²) in [5.41, 5.74) is 1.35. The van der Waals surface area contributed by atoms with Crippen LogP contribution >= 0.6 is 0 Å². The third-order valence-corrected chi connectivity index (χ3v) is 6.47. The Kier molecular flexibility index (Phi) is 2.28. The van der Waals surface area contributed by atoms with Crippen LogP contribution < -0.4 is 0 Å². The highest BCUT2D eigenvalue weighted by molar-refractivity contribution is 6.44. The van der Waals surface area contributed by atoms with E-state index in [0.717, 1.165) is 0 Å². The molecule has 0 atom stereocenters. The molecular formula is C27H16. The highest BCUT2D eigenvalue weighted by Gasteiger charge is 2.19. The lowest BCUT2D eigenvalue weighted by molar-refractivity contribution is 1.55. The molecule has 7 aromatic rings. The van der Waals surface area contributed by atoms with Crippen LogP contribution in [-0.4, -0.2) is 0 Å². The zero-order chi connectivity index (χ0) is 17.7. The second-order valence-electron chi connectivity index (χ2n) is 7.78. The Labute approximate surface area is 156 Å². The Bertz CT molecular complexity index is 1670. The number of hydrogen-bond acceptors (Lipinski definition) is 0. The van der Waals surface area contributed by atoms with Crippen LogP contribution in [0.3, 0.4) is 0 Å². The van der Waals surface area contributed by atoms with Crippen molar-refractivity contribution >= 4 is 64.6 Å². The molecule has 0 aliphatic rings. The van der Waals surface area contributed by atoms with Crippen LogP contribution in [0.25, 0.3) is 64.6 Å². The predicted molar refractivity (Wildman–Crippen MR) is 119 cm³/mol. The fraction of sp³-hybridized carbons (Fsp3) is 0.0370. The van der Waals surface area contributed by atoms with Crippen molar-refractivity contribution in [2.24, 2.45) is 0 Å². The van der Waals surface area contributed by atoms with Crippen molar-refractivity contribution in [3.8, 4) is 0 Å². The van der Waals surface area contributed by atoms with Gasteiger partial charge in [0.2, 0.25) is 0 Å². The molecule has 0 aliphatic carbocycles. The molecule has 124 valence electrons. The maximum Gasteiger partial charge on any atom is -0.000785 e. The fourth-order valence-electron chi connectivity index (χ4n) is 5.36. The number of benzene rings is 5. The topological polar surface area (TPSA) is 0 Å². The molecular weight excluding hydrogens is 324 g/mol. The van der Waals surface area contributed by atoms with Gasteiger partial charge in [-0.15, -0.1) is 0 Å². The smallest absolute Gasteiger partial charge is 0.000785 e. The van der Waals surface area contributed by atoms with Crippen molar-refractivity contribution in [2.75, 3.05) is 0 Å². The summed E-state index contributed by atoms with van der Waals surface area (Å²) < 4.78 is 0. The van der Waals surface area contributed by atoms with Crippen LogP contribution in [0.5, 0.6) is 0 Å². The molecule has 7 aromatic carbocycles. The van der Waals surface area contributed by atoms with Gasteiger partial charge in [0.15, 0.2) is 0 Å². The van der Waals surface area contributed by atoms with E-state index in [1.165, 1.54) is 70.2 Å². The van der Waals surface area contributed by atoms with Crippen LogP contribution in [0.1, 0.15) is 5.56 Å². The molecule has 0 saturated carbocycles. The van der Waals surface area contributed by atoms with Gasteiger partial charge in [0.1, 0.15) is 0 Å². The second kappa shape index (κ2) is 4.47. The molecule has 0 saturated heterocycles. The molecule has 0 radical (unpaired) electrons. The Morgan fingerprint density at radius 1 is 0.407 bits per heavy atom. The molecule has 27 heavy (non-hydrogen) atoms. The summed E-state index contributed by atoms with van der Waals surface area (Å²) in [6, 6.07) is 29.4. The monoisotopic (exact) mass is 340 g/mol. The minimum absolute atomic E-state index is 1.35. The molecule has 0 fully saturated rings. The lowest BCUT2D eigenvalue weighted by Gasteiger charge is -2.03. The Morgan fingerprint density at radius 3 is 2.00 bits per heavy atom. The first-order chi connectivity index (χ1) is 13.3. The maximum absolute atomic E-state index is 2.41. The van der Waals surface area contributed by atoms with Gasteiger partial charge in [-0.25, -0.2) is 0 Å². The van der Waals surface area contributed by atoms with Crippen molar-refractivity contribution in [2.45, 2.75) is 6.92 Å². The Hall–Kier alpha value is -3.38. The molecule has 0 bridgehead atoms. The van der Waals surface area contributed by atoms with Gasteiger partial charge in [-0.2, -0.15) is 0 Å². The zero-order valence-electron chi connectivity index (χ0n) is 15.0. The first kappa shape index (κ1) is 13.8. The van der Waals surface area contributed by atoms with Gasteiger partial charge in [-0.05, 0) is 83.2 Å². The average molecular weight is 340 g/mol. The first-order valence-corrected chi connectivity index (χ1v) is 9.55. The molecule has 7 rings (SSSR count). The van der Waals surface area contributed by atoms with E-state index in [9.17, 15) is 0 Å². The molecule has 0 amide bonds. The summed E-state index contributed by atoms with van der Waals surface area (Å²) in [5, 5.41) is 16.7. The molecule has 0 nitrogen and oxygen atoms in total. The van der Waals surface area contributed by atoms with E-state index in [1.54, 1.807) is 0 Å². The lowest BCUT2D eigenvalue weighted by Crippen LogP contribution is -1.77. The third-order valence-electron chi connectivity index (χ3n) is 6.47. The Morgan fingerprint density at radius 2 is 1.07 bits per heavy atom. The van der Waals surface area contributed by atoms with Crippen LogP contribution in [-0.2, 0) is 0 Å². The maximum atomic E-state index is 2.41. The lowest BCUT2D eigenvalue weighted by atomic mass is 10.0. The van der Waals surface area contributed by atoms with Crippen molar-refractivity contribution in [1.29, 1.82) is 0 Å². The largest absolute Gasteiger partial charge is 0.0616 e. The molecule has 0 spiro atoms. The van der Waals surface area contributed by atoms with E-state index < -0.39 is 0 Å². The van der Waals surface area contributed by atoms with Gasteiger partial charge in [0, 0.05) is 0 Å². The van der Waals surface area contributed by atoms with E-state index in [2.05, 4.69) is 85.8 Å². The summed E-state index contributed by atoms with van der Waals surface area (Å²) in [4.78, 5) is 0. The summed E-state index contributed by atoms with van der Waals surface area (Å²) in [5.74, 6) is 0. The highest BCUT2D eigenvalue weighted by atomic mass is 14.2. The first-order valence-electron chi connectivity index (χ1n) is 9.55. The number of rotatable bonds is 0. The summed E-state index contributed by atoms with van der Waals surface area (Å²) in [7, 11) is 0. The van der Waals surface area contributed by atoms with Gasteiger partial charge in [0.25, 0.3) is 0 Å². The van der Waals surface area contributed by atoms with E-state index in [1.807, 2.05) is 0 Å². The van der Waals surface area contributed by atoms with Crippen LogP contribution in [0, 0.1) is 6.92 Å². The molecule has 0 N–H and O–H groups in total. The standard InChI is InChI=1S/C27H16/c1-15-12-13-21-23-14-16-6-4-10-19-18-7-2-3-8-20(18)27(24(16)19)26(23)22-11-5-9-17(15)25(21)22/h2-14H,1H3. The van der Waals surface area contributed by atoms with Gasteiger partial charge < -0.3 is 0 Å². The van der Waals surface area contributed by atoms with Gasteiger partial charge in [-0.3, -0.25) is 0 Å². The molecule has 0 heteroatoms. The predicted octanol–water partition coefficient (Wildman–Crippen LogP) is 7.79. The van der Waals surface area contributed by atoms with Crippen molar-refractivity contribution in [3.05, 3.63) is 84.4 Å². The average Bonchev–Trinajstić information content (AvgIpc) is 3.21. The van der Waals surface area contributed by atoms with Gasteiger partial charge >= 0.3 is 0 Å². The summed E-state index contributed by atoms with van der Waals surface area (Å²) in [6.45, 7) is 2.22. The third kappa shape index (κ3) is 1.48.